The summed E-state index contributed by atoms with van der Waals surface area (Å²) in [6, 6.07) is 7.08. The molecule has 1 N–H and O–H groups in total. The van der Waals surface area contributed by atoms with Crippen molar-refractivity contribution in [3.05, 3.63) is 34.6 Å². The molecule has 0 fully saturated rings. The van der Waals surface area contributed by atoms with Crippen molar-refractivity contribution >= 4 is 16.9 Å². The fraction of sp³-hybridized carbons (Fsp3) is 0.429. The zero-order valence-electron chi connectivity index (χ0n) is 11.9. The predicted molar refractivity (Wildman–Crippen MR) is 77.7 cm³/mol. The Morgan fingerprint density at radius 2 is 2.19 bits per heavy atom. The van der Waals surface area contributed by atoms with Crippen molar-refractivity contribution < 1.29 is 9.53 Å². The van der Waals surface area contributed by atoms with Crippen molar-refractivity contribution in [1.82, 2.24) is 20.3 Å². The lowest BCUT2D eigenvalue weighted by molar-refractivity contribution is -0.143. The SMILES string of the molecule is CCOC(=O)CCCNCn1nnc2ccccc2c1=O. The standard InChI is InChI=1S/C14H18N4O3/c1-2-21-13(19)8-5-9-15-10-18-14(20)11-6-3-4-7-12(11)16-17-18/h3-4,6-7,15H,2,5,8-10H2,1H3. The Hall–Kier alpha value is -2.28. The average molecular weight is 290 g/mol. The second-order valence-electron chi connectivity index (χ2n) is 4.48. The molecule has 0 unspecified atom stereocenters. The van der Waals surface area contributed by atoms with Gasteiger partial charge in [-0.2, -0.15) is 4.68 Å². The lowest BCUT2D eigenvalue weighted by Gasteiger charge is -2.06. The number of carbonyl (C=O) groups is 1. The number of ether oxygens (including phenoxy) is 1. The molecule has 0 radical (unpaired) electrons. The van der Waals surface area contributed by atoms with Crippen molar-refractivity contribution in [2.24, 2.45) is 0 Å². The van der Waals surface area contributed by atoms with Gasteiger partial charge in [0.05, 0.1) is 18.7 Å². The highest BCUT2D eigenvalue weighted by atomic mass is 16.5. The van der Waals surface area contributed by atoms with Crippen LogP contribution in [0.15, 0.2) is 29.1 Å². The van der Waals surface area contributed by atoms with Crippen molar-refractivity contribution in [1.29, 1.82) is 0 Å². The molecule has 0 bridgehead atoms. The highest BCUT2D eigenvalue weighted by Crippen LogP contribution is 2.02. The molecule has 0 saturated heterocycles. The molecule has 0 saturated carbocycles. The molecule has 2 rings (SSSR count). The predicted octanol–water partition coefficient (Wildman–Crippen LogP) is 0.682. The van der Waals surface area contributed by atoms with E-state index in [0.29, 0.717) is 36.9 Å². The summed E-state index contributed by atoms with van der Waals surface area (Å²) >= 11 is 0. The van der Waals surface area contributed by atoms with Crippen molar-refractivity contribution in [3.8, 4) is 0 Å². The first-order chi connectivity index (χ1) is 10.2. The monoisotopic (exact) mass is 290 g/mol. The van der Waals surface area contributed by atoms with E-state index in [1.807, 2.05) is 6.07 Å². The van der Waals surface area contributed by atoms with Gasteiger partial charge in [0.25, 0.3) is 5.56 Å². The van der Waals surface area contributed by atoms with Crippen LogP contribution in [0.25, 0.3) is 10.9 Å². The molecule has 0 aliphatic rings. The van der Waals surface area contributed by atoms with E-state index in [2.05, 4.69) is 15.6 Å². The fourth-order valence-electron chi connectivity index (χ4n) is 1.90. The van der Waals surface area contributed by atoms with Crippen LogP contribution in [-0.4, -0.2) is 34.1 Å². The Morgan fingerprint density at radius 1 is 1.38 bits per heavy atom. The number of nitrogens with zero attached hydrogens (tertiary/aromatic N) is 3. The second-order valence-corrected chi connectivity index (χ2v) is 4.48. The summed E-state index contributed by atoms with van der Waals surface area (Å²) in [7, 11) is 0. The van der Waals surface area contributed by atoms with Crippen molar-refractivity contribution in [2.45, 2.75) is 26.4 Å². The highest BCUT2D eigenvalue weighted by Gasteiger charge is 2.04. The van der Waals surface area contributed by atoms with Crippen LogP contribution in [-0.2, 0) is 16.2 Å². The summed E-state index contributed by atoms with van der Waals surface area (Å²) < 4.78 is 6.10. The van der Waals surface area contributed by atoms with Gasteiger partial charge in [0.1, 0.15) is 5.52 Å². The van der Waals surface area contributed by atoms with Gasteiger partial charge in [0, 0.05) is 6.42 Å². The number of hydrogen-bond donors (Lipinski definition) is 1. The molecule has 7 heteroatoms. The molecule has 0 amide bonds. The number of hydrogen-bond acceptors (Lipinski definition) is 6. The molecule has 1 aromatic heterocycles. The molecule has 0 spiro atoms. The largest absolute Gasteiger partial charge is 0.466 e. The Labute approximate surface area is 121 Å². The summed E-state index contributed by atoms with van der Waals surface area (Å²) in [4.78, 5) is 23.3. The average Bonchev–Trinajstić information content (AvgIpc) is 2.49. The third-order valence-corrected chi connectivity index (χ3v) is 2.93. The van der Waals surface area contributed by atoms with Crippen LogP contribution in [0, 0.1) is 0 Å². The normalized spacial score (nSPS) is 10.7. The van der Waals surface area contributed by atoms with Crippen molar-refractivity contribution in [2.75, 3.05) is 13.2 Å². The van der Waals surface area contributed by atoms with Crippen LogP contribution >= 0.6 is 0 Å². The maximum Gasteiger partial charge on any atom is 0.305 e. The van der Waals surface area contributed by atoms with Gasteiger partial charge in [-0.1, -0.05) is 17.3 Å². The molecule has 7 nitrogen and oxygen atoms in total. The van der Waals surface area contributed by atoms with Crippen LogP contribution in [0.4, 0.5) is 0 Å². The van der Waals surface area contributed by atoms with E-state index >= 15 is 0 Å². The number of nitrogens with one attached hydrogen (secondary N) is 1. The summed E-state index contributed by atoms with van der Waals surface area (Å²) in [5.41, 5.74) is 0.402. The number of aromatic nitrogens is 3. The maximum atomic E-state index is 12.1. The second kappa shape index (κ2) is 7.49. The van der Waals surface area contributed by atoms with Crippen LogP contribution < -0.4 is 10.9 Å². The van der Waals surface area contributed by atoms with Crippen LogP contribution in [0.3, 0.4) is 0 Å². The van der Waals surface area contributed by atoms with E-state index < -0.39 is 0 Å². The molecule has 1 heterocycles. The molecular formula is C14H18N4O3. The van der Waals surface area contributed by atoms with E-state index in [-0.39, 0.29) is 18.2 Å². The van der Waals surface area contributed by atoms with E-state index in [4.69, 9.17) is 4.74 Å². The Balaban J connectivity index is 1.85. The Bertz CT molecular complexity index is 669. The zero-order chi connectivity index (χ0) is 15.1. The Morgan fingerprint density at radius 3 is 3.00 bits per heavy atom. The number of esters is 1. The van der Waals surface area contributed by atoms with Gasteiger partial charge >= 0.3 is 5.97 Å². The van der Waals surface area contributed by atoms with E-state index in [9.17, 15) is 9.59 Å². The first-order valence-corrected chi connectivity index (χ1v) is 6.91. The minimum Gasteiger partial charge on any atom is -0.466 e. The molecule has 0 atom stereocenters. The van der Waals surface area contributed by atoms with Crippen LogP contribution in [0.2, 0.25) is 0 Å². The lowest BCUT2D eigenvalue weighted by Crippen LogP contribution is -2.31. The molecule has 112 valence electrons. The first kappa shape index (κ1) is 15.1. The van der Waals surface area contributed by atoms with Crippen LogP contribution in [0.5, 0.6) is 0 Å². The van der Waals surface area contributed by atoms with Gasteiger partial charge < -0.3 is 4.74 Å². The molecule has 2 aromatic rings. The molecule has 1 aromatic carbocycles. The van der Waals surface area contributed by atoms with Gasteiger partial charge in [0.2, 0.25) is 0 Å². The first-order valence-electron chi connectivity index (χ1n) is 6.91. The van der Waals surface area contributed by atoms with Gasteiger partial charge in [-0.15, -0.1) is 5.10 Å². The van der Waals surface area contributed by atoms with E-state index in [1.54, 1.807) is 25.1 Å². The van der Waals surface area contributed by atoms with E-state index in [1.165, 1.54) is 4.68 Å². The number of carbonyl (C=O) groups excluding carboxylic acids is 1. The molecule has 0 aliphatic carbocycles. The molecule has 21 heavy (non-hydrogen) atoms. The topological polar surface area (TPSA) is 86.1 Å². The highest BCUT2D eigenvalue weighted by molar-refractivity contribution is 5.76. The van der Waals surface area contributed by atoms with Gasteiger partial charge in [0.15, 0.2) is 0 Å². The minimum absolute atomic E-state index is 0.182. The Kier molecular flexibility index (Phi) is 5.39. The summed E-state index contributed by atoms with van der Waals surface area (Å²) in [6.07, 6.45) is 1.01. The quantitative estimate of drug-likeness (QED) is 0.596. The minimum atomic E-state index is -0.207. The number of rotatable bonds is 7. The summed E-state index contributed by atoms with van der Waals surface area (Å²) in [5.74, 6) is -0.207. The zero-order valence-corrected chi connectivity index (χ0v) is 11.9. The van der Waals surface area contributed by atoms with E-state index in [0.717, 1.165) is 0 Å². The lowest BCUT2D eigenvalue weighted by atomic mass is 10.2. The molecular weight excluding hydrogens is 272 g/mol. The smallest absolute Gasteiger partial charge is 0.305 e. The number of fused-ring (bicyclic) bond motifs is 1. The summed E-state index contributed by atoms with van der Waals surface area (Å²) in [6.45, 7) is 3.04. The summed E-state index contributed by atoms with van der Waals surface area (Å²) in [5, 5.41) is 11.5. The third kappa shape index (κ3) is 4.09. The van der Waals surface area contributed by atoms with Gasteiger partial charge in [-0.05, 0) is 32.0 Å². The molecule has 0 aliphatic heterocycles. The maximum absolute atomic E-state index is 12.1. The number of benzene rings is 1. The van der Waals surface area contributed by atoms with Crippen LogP contribution in [0.1, 0.15) is 19.8 Å². The van der Waals surface area contributed by atoms with Crippen molar-refractivity contribution in [3.63, 3.8) is 0 Å². The fourth-order valence-corrected chi connectivity index (χ4v) is 1.90. The van der Waals surface area contributed by atoms with Gasteiger partial charge in [-0.3, -0.25) is 14.9 Å². The van der Waals surface area contributed by atoms with Gasteiger partial charge in [-0.25, -0.2) is 0 Å². The third-order valence-electron chi connectivity index (χ3n) is 2.93.